The third-order valence-corrected chi connectivity index (χ3v) is 7.33. The second-order valence-corrected chi connectivity index (χ2v) is 9.81. The zero-order valence-electron chi connectivity index (χ0n) is 20.1. The van der Waals surface area contributed by atoms with Crippen LogP contribution in [0, 0.1) is 0 Å². The molecular formula is C27H23ClN5O4S-. The summed E-state index contributed by atoms with van der Waals surface area (Å²) >= 11 is 3.51. The Hall–Kier alpha value is -3.99. The molecule has 0 aliphatic carbocycles. The molecule has 1 aromatic heterocycles. The van der Waals surface area contributed by atoms with Crippen molar-refractivity contribution in [2.75, 3.05) is 35.8 Å². The summed E-state index contributed by atoms with van der Waals surface area (Å²) in [4.78, 5) is 33.4. The molecule has 1 atom stereocenters. The number of para-hydroxylation sites is 2. The fourth-order valence-corrected chi connectivity index (χ4v) is 5.13. The molecule has 1 aliphatic rings. The second kappa shape index (κ2) is 11.2. The van der Waals surface area contributed by atoms with E-state index in [1.165, 1.54) is 0 Å². The van der Waals surface area contributed by atoms with Crippen molar-refractivity contribution in [1.29, 1.82) is 0 Å². The minimum atomic E-state index is -2.61. The molecule has 1 saturated heterocycles. The highest BCUT2D eigenvalue weighted by Crippen LogP contribution is 2.32. The first kappa shape index (κ1) is 25.7. The van der Waals surface area contributed by atoms with Crippen molar-refractivity contribution in [3.63, 3.8) is 0 Å². The van der Waals surface area contributed by atoms with Crippen LogP contribution in [0.15, 0.2) is 85.1 Å². The number of aromatic nitrogens is 1. The highest BCUT2D eigenvalue weighted by Gasteiger charge is 2.25. The molecule has 38 heavy (non-hydrogen) atoms. The van der Waals surface area contributed by atoms with Crippen LogP contribution in [0.3, 0.4) is 0 Å². The first-order chi connectivity index (χ1) is 18.4. The molecule has 0 spiro atoms. The molecule has 2 heterocycles. The molecule has 194 valence electrons. The summed E-state index contributed by atoms with van der Waals surface area (Å²) in [5.41, 5.74) is 2.31. The molecule has 0 bridgehead atoms. The van der Waals surface area contributed by atoms with E-state index in [9.17, 15) is 18.4 Å². The third kappa shape index (κ3) is 5.33. The molecule has 4 aromatic rings. The highest BCUT2D eigenvalue weighted by molar-refractivity contribution is 7.81. The Kier molecular flexibility index (Phi) is 7.54. The van der Waals surface area contributed by atoms with Gasteiger partial charge in [0.25, 0.3) is 5.91 Å². The fraction of sp³-hybridized carbons (Fsp3) is 0.148. The number of pyridine rings is 1. The van der Waals surface area contributed by atoms with E-state index in [0.717, 1.165) is 9.69 Å². The first-order valence-corrected chi connectivity index (χ1v) is 13.3. The summed E-state index contributed by atoms with van der Waals surface area (Å²) < 4.78 is 25.6. The van der Waals surface area contributed by atoms with Gasteiger partial charge >= 0.3 is 6.03 Å². The summed E-state index contributed by atoms with van der Waals surface area (Å²) in [6, 6.07) is 22.1. The molecule has 3 aromatic carbocycles. The molecule has 1 unspecified atom stereocenters. The fourth-order valence-electron chi connectivity index (χ4n) is 4.35. The average Bonchev–Trinajstić information content (AvgIpc) is 2.94. The number of urea groups is 1. The van der Waals surface area contributed by atoms with Gasteiger partial charge in [0.15, 0.2) is 0 Å². The molecule has 0 saturated carbocycles. The van der Waals surface area contributed by atoms with Crippen LogP contribution in [0.5, 0.6) is 0 Å². The van der Waals surface area contributed by atoms with Gasteiger partial charge in [0.05, 0.1) is 38.9 Å². The van der Waals surface area contributed by atoms with Gasteiger partial charge in [-0.1, -0.05) is 41.9 Å². The van der Waals surface area contributed by atoms with Crippen molar-refractivity contribution >= 4 is 62.8 Å². The molecule has 1 fully saturated rings. The smallest absolute Gasteiger partial charge is 0.322 e. The van der Waals surface area contributed by atoms with E-state index in [1.807, 2.05) is 12.1 Å². The average molecular weight is 549 g/mol. The Morgan fingerprint density at radius 1 is 0.895 bits per heavy atom. The summed E-state index contributed by atoms with van der Waals surface area (Å²) in [6.45, 7) is 1.48. The van der Waals surface area contributed by atoms with Gasteiger partial charge in [-0.15, -0.1) is 0 Å². The summed E-state index contributed by atoms with van der Waals surface area (Å²) in [6.07, 6.45) is 1.61. The quantitative estimate of drug-likeness (QED) is 0.360. The molecule has 1 N–H and O–H groups in total. The minimum Gasteiger partial charge on any atom is -0.755 e. The van der Waals surface area contributed by atoms with Gasteiger partial charge in [0, 0.05) is 43.3 Å². The number of hydrogen-bond acceptors (Lipinski definition) is 5. The standard InChI is InChI=1S/C27H24ClN5O4S/c28-22-7-1-2-8-23(22)30-27(35)32-17-15-31(16-18-32)26(34)20-10-12-21(13-11-20)33(38(36)37)24-9-3-5-19-6-4-14-29-25(19)24/h1-14H,15-18H2,(H,30,35)(H,36,37)/p-1. The number of nitrogens with one attached hydrogen (secondary N) is 1. The van der Waals surface area contributed by atoms with Crippen LogP contribution in [-0.2, 0) is 11.3 Å². The Labute approximate surface area is 227 Å². The monoisotopic (exact) mass is 548 g/mol. The first-order valence-electron chi connectivity index (χ1n) is 11.9. The number of hydrogen-bond donors (Lipinski definition) is 1. The van der Waals surface area contributed by atoms with Gasteiger partial charge in [0.1, 0.15) is 0 Å². The van der Waals surface area contributed by atoms with E-state index < -0.39 is 11.3 Å². The van der Waals surface area contributed by atoms with Crippen LogP contribution >= 0.6 is 11.6 Å². The number of carbonyl (C=O) groups is 2. The molecule has 1 aliphatic heterocycles. The zero-order chi connectivity index (χ0) is 26.6. The Morgan fingerprint density at radius 3 is 2.29 bits per heavy atom. The van der Waals surface area contributed by atoms with Crippen LogP contribution in [0.2, 0.25) is 5.02 Å². The van der Waals surface area contributed by atoms with Gasteiger partial charge in [-0.3, -0.25) is 18.3 Å². The molecule has 9 nitrogen and oxygen atoms in total. The molecule has 0 radical (unpaired) electrons. The number of fused-ring (bicyclic) bond motifs is 1. The third-order valence-electron chi connectivity index (χ3n) is 6.30. The van der Waals surface area contributed by atoms with E-state index in [4.69, 9.17) is 11.6 Å². The van der Waals surface area contributed by atoms with E-state index in [-0.39, 0.29) is 11.9 Å². The number of rotatable bonds is 5. The van der Waals surface area contributed by atoms with Crippen molar-refractivity contribution in [3.8, 4) is 0 Å². The van der Waals surface area contributed by atoms with Gasteiger partial charge in [-0.2, -0.15) is 0 Å². The topological polar surface area (TPSA) is 109 Å². The predicted octanol–water partition coefficient (Wildman–Crippen LogP) is 4.81. The van der Waals surface area contributed by atoms with Crippen molar-refractivity contribution in [2.24, 2.45) is 0 Å². The highest BCUT2D eigenvalue weighted by atomic mass is 35.5. The van der Waals surface area contributed by atoms with Crippen LogP contribution in [0.1, 0.15) is 10.4 Å². The van der Waals surface area contributed by atoms with Gasteiger partial charge in [-0.05, 0) is 48.5 Å². The number of carbonyl (C=O) groups excluding carboxylic acids is 2. The Bertz CT molecular complexity index is 1500. The van der Waals surface area contributed by atoms with Gasteiger partial charge in [-0.25, -0.2) is 4.79 Å². The predicted molar refractivity (Wildman–Crippen MR) is 147 cm³/mol. The molecule has 5 rings (SSSR count). The number of piperazine rings is 1. The Balaban J connectivity index is 1.26. The number of halogens is 1. The van der Waals surface area contributed by atoms with Gasteiger partial charge in [0.2, 0.25) is 0 Å². The van der Waals surface area contributed by atoms with Crippen LogP contribution < -0.4 is 9.62 Å². The lowest BCUT2D eigenvalue weighted by Crippen LogP contribution is -2.51. The number of amides is 3. The van der Waals surface area contributed by atoms with E-state index >= 15 is 0 Å². The maximum atomic E-state index is 13.1. The lowest BCUT2D eigenvalue weighted by Gasteiger charge is -2.35. The summed E-state index contributed by atoms with van der Waals surface area (Å²) in [5, 5.41) is 4.06. The number of benzene rings is 3. The Morgan fingerprint density at radius 2 is 1.58 bits per heavy atom. The largest absolute Gasteiger partial charge is 0.755 e. The summed E-state index contributed by atoms with van der Waals surface area (Å²) in [5.74, 6) is -0.190. The van der Waals surface area contributed by atoms with E-state index in [1.54, 1.807) is 82.7 Å². The van der Waals surface area contributed by atoms with Crippen molar-refractivity contribution in [1.82, 2.24) is 14.8 Å². The molecular weight excluding hydrogens is 526 g/mol. The SMILES string of the molecule is O=C(Nc1ccccc1Cl)N1CCN(C(=O)c2ccc(N(c3cccc4cccnc34)S(=O)[O-])cc2)CC1. The van der Waals surface area contributed by atoms with E-state index in [2.05, 4.69) is 10.3 Å². The lowest BCUT2D eigenvalue weighted by molar-refractivity contribution is 0.0671. The molecule has 3 amide bonds. The van der Waals surface area contributed by atoms with E-state index in [0.29, 0.717) is 59.3 Å². The normalized spacial score (nSPS) is 14.3. The summed E-state index contributed by atoms with van der Waals surface area (Å²) in [7, 11) is 0. The molecule has 11 heteroatoms. The van der Waals surface area contributed by atoms with Crippen molar-refractivity contribution in [3.05, 3.63) is 95.6 Å². The zero-order valence-corrected chi connectivity index (χ0v) is 21.7. The number of anilines is 3. The lowest BCUT2D eigenvalue weighted by atomic mass is 10.1. The minimum absolute atomic E-state index is 0.190. The maximum absolute atomic E-state index is 13.1. The number of nitrogens with zero attached hydrogens (tertiary/aromatic N) is 4. The second-order valence-electron chi connectivity index (χ2n) is 8.60. The van der Waals surface area contributed by atoms with Crippen molar-refractivity contribution < 1.29 is 18.4 Å². The van der Waals surface area contributed by atoms with Gasteiger partial charge < -0.3 is 19.7 Å². The maximum Gasteiger partial charge on any atom is 0.322 e. The van der Waals surface area contributed by atoms with Crippen molar-refractivity contribution in [2.45, 2.75) is 0 Å². The van der Waals surface area contributed by atoms with Crippen LogP contribution in [0.25, 0.3) is 10.9 Å². The van der Waals surface area contributed by atoms with Crippen LogP contribution in [0.4, 0.5) is 21.9 Å². The van der Waals surface area contributed by atoms with Crippen LogP contribution in [-0.4, -0.2) is 61.7 Å².